The predicted molar refractivity (Wildman–Crippen MR) is 127 cm³/mol. The molecule has 0 radical (unpaired) electrons. The van der Waals surface area contributed by atoms with Gasteiger partial charge in [0.05, 0.1) is 6.54 Å². The Hall–Kier alpha value is -2.90. The molecule has 0 aliphatic heterocycles. The van der Waals surface area contributed by atoms with Gasteiger partial charge in [-0.15, -0.1) is 0 Å². The van der Waals surface area contributed by atoms with Gasteiger partial charge < -0.3 is 15.6 Å². The standard InChI is InChI=1S/C26H36N2O5/c27-23(19-28(32)25(29)12-8-3-1-2-4-9-13-26(30)31)18-21-14-16-24(17-15-21)33-20-22-10-6-5-7-11-22/h5-7,10-11,14-17,23,32H,1-4,8-9,12-13,18-20,27H2,(H,30,31)/t23-/m0/s1. The van der Waals surface area contributed by atoms with Crippen molar-refractivity contribution in [1.29, 1.82) is 0 Å². The van der Waals surface area contributed by atoms with Crippen molar-refractivity contribution in [1.82, 2.24) is 5.06 Å². The minimum atomic E-state index is -0.758. The normalized spacial score (nSPS) is 11.7. The summed E-state index contributed by atoms with van der Waals surface area (Å²) in [6.07, 6.45) is 6.14. The van der Waals surface area contributed by atoms with Crippen molar-refractivity contribution in [2.45, 2.75) is 70.4 Å². The van der Waals surface area contributed by atoms with E-state index >= 15 is 0 Å². The summed E-state index contributed by atoms with van der Waals surface area (Å²) >= 11 is 0. The zero-order valence-corrected chi connectivity index (χ0v) is 19.2. The first-order valence-electron chi connectivity index (χ1n) is 11.7. The number of amides is 1. The van der Waals surface area contributed by atoms with E-state index in [4.69, 9.17) is 15.6 Å². The summed E-state index contributed by atoms with van der Waals surface area (Å²) in [5.74, 6) is -0.301. The number of ether oxygens (including phenoxy) is 1. The minimum absolute atomic E-state index is 0.0836. The second kappa shape index (κ2) is 15.0. The Morgan fingerprint density at radius 1 is 0.848 bits per heavy atom. The van der Waals surface area contributed by atoms with Crippen LogP contribution in [0.25, 0.3) is 0 Å². The van der Waals surface area contributed by atoms with Crippen molar-refractivity contribution in [3.8, 4) is 5.75 Å². The van der Waals surface area contributed by atoms with Gasteiger partial charge in [-0.1, -0.05) is 68.1 Å². The van der Waals surface area contributed by atoms with Crippen molar-refractivity contribution in [2.24, 2.45) is 5.73 Å². The maximum atomic E-state index is 12.1. The van der Waals surface area contributed by atoms with Crippen LogP contribution in [-0.4, -0.2) is 39.8 Å². The number of rotatable bonds is 16. The molecule has 2 aromatic rings. The van der Waals surface area contributed by atoms with Crippen molar-refractivity contribution in [3.05, 3.63) is 65.7 Å². The molecule has 180 valence electrons. The van der Waals surface area contributed by atoms with E-state index in [2.05, 4.69) is 0 Å². The Morgan fingerprint density at radius 2 is 1.45 bits per heavy atom. The maximum absolute atomic E-state index is 12.1. The third-order valence-corrected chi connectivity index (χ3v) is 5.40. The molecule has 1 amide bonds. The molecule has 0 saturated heterocycles. The van der Waals surface area contributed by atoms with Crippen LogP contribution in [-0.2, 0) is 22.6 Å². The van der Waals surface area contributed by atoms with Crippen LogP contribution >= 0.6 is 0 Å². The van der Waals surface area contributed by atoms with E-state index in [1.807, 2.05) is 54.6 Å². The van der Waals surface area contributed by atoms with Crippen LogP contribution in [0.4, 0.5) is 0 Å². The molecule has 0 aliphatic rings. The SMILES string of the molecule is N[C@@H](Cc1ccc(OCc2ccccc2)cc1)CN(O)C(=O)CCCCCCCCC(=O)O. The smallest absolute Gasteiger partial charge is 0.303 e. The number of carbonyl (C=O) groups is 2. The Labute approximate surface area is 196 Å². The second-order valence-electron chi connectivity index (χ2n) is 8.37. The van der Waals surface area contributed by atoms with Gasteiger partial charge in [0.15, 0.2) is 0 Å². The van der Waals surface area contributed by atoms with Gasteiger partial charge in [-0.25, -0.2) is 5.06 Å². The Morgan fingerprint density at radius 3 is 2.09 bits per heavy atom. The highest BCUT2D eigenvalue weighted by Crippen LogP contribution is 2.15. The Balaban J connectivity index is 1.60. The number of hydrogen-bond acceptors (Lipinski definition) is 5. The van der Waals surface area contributed by atoms with Crippen molar-refractivity contribution in [3.63, 3.8) is 0 Å². The quantitative estimate of drug-likeness (QED) is 0.194. The van der Waals surface area contributed by atoms with Gasteiger partial charge in [0.25, 0.3) is 0 Å². The van der Waals surface area contributed by atoms with Gasteiger partial charge in [0.1, 0.15) is 12.4 Å². The van der Waals surface area contributed by atoms with Crippen molar-refractivity contribution in [2.75, 3.05) is 6.54 Å². The summed E-state index contributed by atoms with van der Waals surface area (Å²) < 4.78 is 5.78. The minimum Gasteiger partial charge on any atom is -0.489 e. The van der Waals surface area contributed by atoms with E-state index in [1.165, 1.54) is 0 Å². The molecule has 4 N–H and O–H groups in total. The molecule has 0 unspecified atom stereocenters. The van der Waals surface area contributed by atoms with Crippen LogP contribution in [0.2, 0.25) is 0 Å². The molecule has 0 aliphatic carbocycles. The van der Waals surface area contributed by atoms with E-state index < -0.39 is 5.97 Å². The van der Waals surface area contributed by atoms with E-state index in [0.29, 0.717) is 25.9 Å². The number of nitrogens with zero attached hydrogens (tertiary/aromatic N) is 1. The predicted octanol–water partition coefficient (Wildman–Crippen LogP) is 4.56. The average molecular weight is 457 g/mol. The third-order valence-electron chi connectivity index (χ3n) is 5.40. The molecule has 0 spiro atoms. The van der Waals surface area contributed by atoms with E-state index in [9.17, 15) is 14.8 Å². The summed E-state index contributed by atoms with van der Waals surface area (Å²) in [5.41, 5.74) is 8.25. The zero-order valence-electron chi connectivity index (χ0n) is 19.2. The lowest BCUT2D eigenvalue weighted by Gasteiger charge is -2.20. The zero-order chi connectivity index (χ0) is 23.9. The van der Waals surface area contributed by atoms with Crippen LogP contribution in [0.1, 0.15) is 62.5 Å². The van der Waals surface area contributed by atoms with E-state index in [-0.39, 0.29) is 31.3 Å². The fourth-order valence-electron chi connectivity index (χ4n) is 3.54. The van der Waals surface area contributed by atoms with Gasteiger partial charge in [-0.3, -0.25) is 14.8 Å². The molecule has 2 rings (SSSR count). The van der Waals surface area contributed by atoms with Crippen molar-refractivity contribution < 1.29 is 24.6 Å². The van der Waals surface area contributed by atoms with Crippen LogP contribution < -0.4 is 10.5 Å². The number of hydroxylamine groups is 2. The number of benzene rings is 2. The largest absolute Gasteiger partial charge is 0.489 e. The summed E-state index contributed by atoms with van der Waals surface area (Å²) in [7, 11) is 0. The highest BCUT2D eigenvalue weighted by atomic mass is 16.5. The number of aliphatic carboxylic acids is 1. The molecule has 0 fully saturated rings. The number of unbranched alkanes of at least 4 members (excludes halogenated alkanes) is 5. The molecule has 33 heavy (non-hydrogen) atoms. The van der Waals surface area contributed by atoms with Crippen LogP contribution in [0.3, 0.4) is 0 Å². The molecular weight excluding hydrogens is 420 g/mol. The van der Waals surface area contributed by atoms with Gasteiger partial charge in [0, 0.05) is 18.9 Å². The number of hydrogen-bond donors (Lipinski definition) is 3. The monoisotopic (exact) mass is 456 g/mol. The van der Waals surface area contributed by atoms with E-state index in [0.717, 1.165) is 47.6 Å². The van der Waals surface area contributed by atoms with Crippen molar-refractivity contribution >= 4 is 11.9 Å². The summed E-state index contributed by atoms with van der Waals surface area (Å²) in [6, 6.07) is 17.3. The average Bonchev–Trinajstić information content (AvgIpc) is 2.80. The third kappa shape index (κ3) is 11.5. The van der Waals surface area contributed by atoms with Gasteiger partial charge in [-0.05, 0) is 42.5 Å². The molecule has 7 nitrogen and oxygen atoms in total. The van der Waals surface area contributed by atoms with Crippen LogP contribution in [0.5, 0.6) is 5.75 Å². The summed E-state index contributed by atoms with van der Waals surface area (Å²) in [4.78, 5) is 22.6. The van der Waals surface area contributed by atoms with Crippen LogP contribution in [0, 0.1) is 0 Å². The lowest BCUT2D eigenvalue weighted by Crippen LogP contribution is -2.40. The highest BCUT2D eigenvalue weighted by Gasteiger charge is 2.15. The lowest BCUT2D eigenvalue weighted by molar-refractivity contribution is -0.166. The molecule has 0 bridgehead atoms. The fraction of sp³-hybridized carbons (Fsp3) is 0.462. The Bertz CT molecular complexity index is 826. The summed E-state index contributed by atoms with van der Waals surface area (Å²) in [5, 5.41) is 19.4. The van der Waals surface area contributed by atoms with Gasteiger partial charge >= 0.3 is 5.97 Å². The fourth-order valence-corrected chi connectivity index (χ4v) is 3.54. The first kappa shape index (κ1) is 26.4. The van der Waals surface area contributed by atoms with Gasteiger partial charge in [0.2, 0.25) is 5.91 Å². The molecule has 0 aromatic heterocycles. The van der Waals surface area contributed by atoms with Gasteiger partial charge in [-0.2, -0.15) is 0 Å². The number of carbonyl (C=O) groups excluding carboxylic acids is 1. The molecular formula is C26H36N2O5. The number of carboxylic acid groups (broad SMARTS) is 1. The molecule has 2 aromatic carbocycles. The van der Waals surface area contributed by atoms with Crippen LogP contribution in [0.15, 0.2) is 54.6 Å². The first-order valence-corrected chi connectivity index (χ1v) is 11.7. The number of nitrogens with two attached hydrogens (primary N) is 1. The Kier molecular flexibility index (Phi) is 12.0. The first-order chi connectivity index (χ1) is 15.9. The molecule has 7 heteroatoms. The molecule has 1 atom stereocenters. The second-order valence-corrected chi connectivity index (χ2v) is 8.37. The lowest BCUT2D eigenvalue weighted by atomic mass is 10.1. The molecule has 0 saturated carbocycles. The topological polar surface area (TPSA) is 113 Å². The van der Waals surface area contributed by atoms with E-state index in [1.54, 1.807) is 0 Å². The maximum Gasteiger partial charge on any atom is 0.303 e. The number of carboxylic acids is 1. The highest BCUT2D eigenvalue weighted by molar-refractivity contribution is 5.74. The molecule has 0 heterocycles. The summed E-state index contributed by atoms with van der Waals surface area (Å²) in [6.45, 7) is 0.590.